The Morgan fingerprint density at radius 3 is 2.58 bits per heavy atom. The molecule has 2 aromatic carbocycles. The molecule has 0 saturated carbocycles. The molecule has 6 nitrogen and oxygen atoms in total. The lowest BCUT2D eigenvalue weighted by atomic mass is 9.92. The average molecular weight is 376 g/mol. The second kappa shape index (κ2) is 6.76. The van der Waals surface area contributed by atoms with Crippen LogP contribution in [0.2, 0.25) is 5.02 Å². The molecule has 1 saturated heterocycles. The second-order valence-corrected chi connectivity index (χ2v) is 6.42. The van der Waals surface area contributed by atoms with E-state index >= 15 is 0 Å². The monoisotopic (exact) mass is 375 g/mol. The second-order valence-electron chi connectivity index (χ2n) is 5.98. The third-order valence-corrected chi connectivity index (χ3v) is 4.37. The standard InChI is InChI=1S/C18H15ClFN3O3/c1-18(11-5-3-2-4-6-11)16(25)23(17(26)22-18)10-15(24)21-14-8-7-12(19)9-13(14)20/h2-9H,10H2,1H3,(H,21,24)(H,22,26). The van der Waals surface area contributed by atoms with Crippen molar-refractivity contribution >= 4 is 35.1 Å². The number of urea groups is 1. The molecule has 0 radical (unpaired) electrons. The summed E-state index contributed by atoms with van der Waals surface area (Å²) in [6.07, 6.45) is 0. The number of anilines is 1. The predicted octanol–water partition coefficient (Wildman–Crippen LogP) is 2.88. The van der Waals surface area contributed by atoms with E-state index in [1.54, 1.807) is 37.3 Å². The molecule has 2 N–H and O–H groups in total. The highest BCUT2D eigenvalue weighted by Gasteiger charge is 2.49. The molecule has 3 rings (SSSR count). The van der Waals surface area contributed by atoms with Crippen molar-refractivity contribution in [1.82, 2.24) is 10.2 Å². The van der Waals surface area contributed by atoms with E-state index in [9.17, 15) is 18.8 Å². The maximum Gasteiger partial charge on any atom is 0.325 e. The predicted molar refractivity (Wildman–Crippen MR) is 94.1 cm³/mol. The Morgan fingerprint density at radius 2 is 1.92 bits per heavy atom. The first kappa shape index (κ1) is 17.9. The van der Waals surface area contributed by atoms with E-state index in [1.165, 1.54) is 12.1 Å². The van der Waals surface area contributed by atoms with Gasteiger partial charge in [0.15, 0.2) is 0 Å². The minimum absolute atomic E-state index is 0.0859. The van der Waals surface area contributed by atoms with Crippen LogP contribution in [0, 0.1) is 5.82 Å². The molecule has 1 aliphatic heterocycles. The van der Waals surface area contributed by atoms with Gasteiger partial charge in [-0.1, -0.05) is 41.9 Å². The topological polar surface area (TPSA) is 78.5 Å². The van der Waals surface area contributed by atoms with Crippen LogP contribution in [-0.4, -0.2) is 29.3 Å². The number of hydrogen-bond acceptors (Lipinski definition) is 3. The van der Waals surface area contributed by atoms with Crippen molar-refractivity contribution in [3.05, 3.63) is 64.9 Å². The van der Waals surface area contributed by atoms with Crippen molar-refractivity contribution in [2.45, 2.75) is 12.5 Å². The highest BCUT2D eigenvalue weighted by atomic mass is 35.5. The Bertz CT molecular complexity index is 891. The normalized spacial score (nSPS) is 19.4. The fourth-order valence-corrected chi connectivity index (χ4v) is 2.89. The number of amides is 4. The molecule has 26 heavy (non-hydrogen) atoms. The Labute approximate surface area is 153 Å². The summed E-state index contributed by atoms with van der Waals surface area (Å²) in [5.41, 5.74) is -0.744. The zero-order valence-electron chi connectivity index (χ0n) is 13.8. The summed E-state index contributed by atoms with van der Waals surface area (Å²) in [4.78, 5) is 37.9. The van der Waals surface area contributed by atoms with E-state index in [1.807, 2.05) is 0 Å². The molecule has 2 aromatic rings. The maximum absolute atomic E-state index is 13.8. The van der Waals surface area contributed by atoms with Gasteiger partial charge in [-0.25, -0.2) is 9.18 Å². The first-order valence-electron chi connectivity index (χ1n) is 7.76. The van der Waals surface area contributed by atoms with Gasteiger partial charge in [-0.15, -0.1) is 0 Å². The van der Waals surface area contributed by atoms with Gasteiger partial charge >= 0.3 is 6.03 Å². The number of imide groups is 1. The third kappa shape index (κ3) is 3.25. The number of carbonyl (C=O) groups excluding carboxylic acids is 3. The van der Waals surface area contributed by atoms with Crippen LogP contribution in [0.1, 0.15) is 12.5 Å². The maximum atomic E-state index is 13.8. The van der Waals surface area contributed by atoms with E-state index in [4.69, 9.17) is 11.6 Å². The summed E-state index contributed by atoms with van der Waals surface area (Å²) < 4.78 is 13.8. The van der Waals surface area contributed by atoms with Crippen LogP contribution >= 0.6 is 11.6 Å². The molecular weight excluding hydrogens is 361 g/mol. The van der Waals surface area contributed by atoms with Crippen LogP contribution in [0.15, 0.2) is 48.5 Å². The molecule has 0 aromatic heterocycles. The third-order valence-electron chi connectivity index (χ3n) is 4.13. The Hall–Kier alpha value is -2.93. The molecule has 4 amide bonds. The average Bonchev–Trinajstić information content (AvgIpc) is 2.82. The van der Waals surface area contributed by atoms with Crippen LogP contribution in [0.4, 0.5) is 14.9 Å². The number of carbonyl (C=O) groups is 3. The quantitative estimate of drug-likeness (QED) is 0.806. The highest BCUT2D eigenvalue weighted by Crippen LogP contribution is 2.28. The van der Waals surface area contributed by atoms with E-state index in [0.717, 1.165) is 11.0 Å². The summed E-state index contributed by atoms with van der Waals surface area (Å²) in [6, 6.07) is 11.8. The van der Waals surface area contributed by atoms with Gasteiger partial charge in [0, 0.05) is 5.02 Å². The number of rotatable bonds is 4. The van der Waals surface area contributed by atoms with Crippen LogP contribution in [0.5, 0.6) is 0 Å². The Balaban J connectivity index is 1.74. The van der Waals surface area contributed by atoms with Gasteiger partial charge in [0.05, 0.1) is 5.69 Å². The first-order valence-corrected chi connectivity index (χ1v) is 8.13. The fraction of sp³-hybridized carbons (Fsp3) is 0.167. The van der Waals surface area contributed by atoms with Gasteiger partial charge in [-0.2, -0.15) is 0 Å². The number of nitrogens with zero attached hydrogens (tertiary/aromatic N) is 1. The van der Waals surface area contributed by atoms with Gasteiger partial charge in [0.25, 0.3) is 5.91 Å². The summed E-state index contributed by atoms with van der Waals surface area (Å²) in [6.45, 7) is 1.04. The van der Waals surface area contributed by atoms with Crippen molar-refractivity contribution < 1.29 is 18.8 Å². The molecule has 134 valence electrons. The van der Waals surface area contributed by atoms with Crippen molar-refractivity contribution in [2.24, 2.45) is 0 Å². The highest BCUT2D eigenvalue weighted by molar-refractivity contribution is 6.30. The fourth-order valence-electron chi connectivity index (χ4n) is 2.73. The van der Waals surface area contributed by atoms with Gasteiger partial charge in [0.2, 0.25) is 5.91 Å². The summed E-state index contributed by atoms with van der Waals surface area (Å²) in [5, 5.41) is 5.11. The SMILES string of the molecule is CC1(c2ccccc2)NC(=O)N(CC(=O)Nc2ccc(Cl)cc2F)C1=O. The van der Waals surface area contributed by atoms with Gasteiger partial charge in [-0.05, 0) is 30.7 Å². The molecule has 0 aliphatic carbocycles. The molecular formula is C18H15ClFN3O3. The van der Waals surface area contributed by atoms with Gasteiger partial charge in [0.1, 0.15) is 17.9 Å². The van der Waals surface area contributed by atoms with Crippen LogP contribution in [0.25, 0.3) is 0 Å². The number of hydrogen-bond donors (Lipinski definition) is 2. The molecule has 8 heteroatoms. The lowest BCUT2D eigenvalue weighted by molar-refractivity contribution is -0.133. The van der Waals surface area contributed by atoms with E-state index in [2.05, 4.69) is 10.6 Å². The van der Waals surface area contributed by atoms with Crippen molar-refractivity contribution in [3.8, 4) is 0 Å². The minimum Gasteiger partial charge on any atom is -0.322 e. The largest absolute Gasteiger partial charge is 0.325 e. The summed E-state index contributed by atoms with van der Waals surface area (Å²) >= 11 is 5.66. The van der Waals surface area contributed by atoms with Crippen molar-refractivity contribution in [1.29, 1.82) is 0 Å². The summed E-state index contributed by atoms with van der Waals surface area (Å²) in [5.74, 6) is -1.97. The number of benzene rings is 2. The van der Waals surface area contributed by atoms with Gasteiger partial charge in [-0.3, -0.25) is 14.5 Å². The summed E-state index contributed by atoms with van der Waals surface area (Å²) in [7, 11) is 0. The zero-order chi connectivity index (χ0) is 18.9. The minimum atomic E-state index is -1.26. The molecule has 1 aliphatic rings. The zero-order valence-corrected chi connectivity index (χ0v) is 14.5. The van der Waals surface area contributed by atoms with Gasteiger partial charge < -0.3 is 10.6 Å². The van der Waals surface area contributed by atoms with Crippen LogP contribution in [0.3, 0.4) is 0 Å². The molecule has 0 bridgehead atoms. The van der Waals surface area contributed by atoms with E-state index in [0.29, 0.717) is 5.56 Å². The van der Waals surface area contributed by atoms with Crippen molar-refractivity contribution in [2.75, 3.05) is 11.9 Å². The number of nitrogens with one attached hydrogen (secondary N) is 2. The van der Waals surface area contributed by atoms with E-state index < -0.39 is 35.7 Å². The number of halogens is 2. The Kier molecular flexibility index (Phi) is 4.65. The van der Waals surface area contributed by atoms with E-state index in [-0.39, 0.29) is 10.7 Å². The Morgan fingerprint density at radius 1 is 1.23 bits per heavy atom. The molecule has 1 heterocycles. The lowest BCUT2D eigenvalue weighted by Gasteiger charge is -2.22. The molecule has 0 spiro atoms. The lowest BCUT2D eigenvalue weighted by Crippen LogP contribution is -2.42. The van der Waals surface area contributed by atoms with Crippen LogP contribution < -0.4 is 10.6 Å². The van der Waals surface area contributed by atoms with Crippen molar-refractivity contribution in [3.63, 3.8) is 0 Å². The molecule has 1 atom stereocenters. The molecule has 1 fully saturated rings. The smallest absolute Gasteiger partial charge is 0.322 e. The first-order chi connectivity index (χ1) is 12.3. The molecule has 1 unspecified atom stereocenters. The van der Waals surface area contributed by atoms with Crippen LogP contribution in [-0.2, 0) is 15.1 Å².